The summed E-state index contributed by atoms with van der Waals surface area (Å²) >= 11 is 0. The van der Waals surface area contributed by atoms with Crippen molar-refractivity contribution in [2.75, 3.05) is 0 Å². The van der Waals surface area contributed by atoms with E-state index in [1.54, 1.807) is 6.20 Å². The van der Waals surface area contributed by atoms with Crippen molar-refractivity contribution in [3.63, 3.8) is 0 Å². The van der Waals surface area contributed by atoms with Gasteiger partial charge in [0.2, 0.25) is 0 Å². The van der Waals surface area contributed by atoms with Gasteiger partial charge in [-0.2, -0.15) is 5.10 Å². The number of H-pyrrole nitrogens is 1. The Hall–Kier alpha value is -1.57. The van der Waals surface area contributed by atoms with E-state index in [2.05, 4.69) is 34.5 Å². The fraction of sp³-hybridized carbons (Fsp3) is 0.182. The Morgan fingerprint density at radius 1 is 1.31 bits per heavy atom. The number of nitrogens with zero attached hydrogens (tertiary/aromatic N) is 1. The van der Waals surface area contributed by atoms with Crippen molar-refractivity contribution in [3.05, 3.63) is 47.8 Å². The van der Waals surface area contributed by atoms with E-state index in [0.29, 0.717) is 0 Å². The van der Waals surface area contributed by atoms with E-state index in [0.717, 1.165) is 12.1 Å². The molecule has 0 aromatic carbocycles. The summed E-state index contributed by atoms with van der Waals surface area (Å²) in [6, 6.07) is 1.95. The highest BCUT2D eigenvalue weighted by Gasteiger charge is 1.92. The van der Waals surface area contributed by atoms with E-state index >= 15 is 0 Å². The molecule has 0 fully saturated rings. The second-order valence-corrected chi connectivity index (χ2v) is 3.03. The third kappa shape index (κ3) is 2.18. The maximum Gasteiger partial charge on any atom is 0.0577 e. The maximum absolute atomic E-state index is 3.87. The molecule has 1 aliphatic rings. The summed E-state index contributed by atoms with van der Waals surface area (Å²) in [6.07, 6.45) is 14.8. The lowest BCUT2D eigenvalue weighted by Gasteiger charge is -1.99. The Labute approximate surface area is 77.7 Å². The van der Waals surface area contributed by atoms with Crippen molar-refractivity contribution >= 4 is 6.08 Å². The van der Waals surface area contributed by atoms with E-state index in [9.17, 15) is 0 Å². The van der Waals surface area contributed by atoms with Gasteiger partial charge in [0.25, 0.3) is 0 Å². The van der Waals surface area contributed by atoms with Crippen LogP contribution in [0.25, 0.3) is 6.08 Å². The van der Waals surface area contributed by atoms with Crippen LogP contribution in [-0.4, -0.2) is 10.2 Å². The second kappa shape index (κ2) is 3.90. The zero-order chi connectivity index (χ0) is 8.93. The van der Waals surface area contributed by atoms with E-state index in [-0.39, 0.29) is 0 Å². The predicted octanol–water partition coefficient (Wildman–Crippen LogP) is 2.70. The SMILES string of the molecule is C1=CC(/C=C/c2ccn[nH]2)=CCC1. The van der Waals surface area contributed by atoms with Crippen LogP contribution in [0.1, 0.15) is 18.5 Å². The molecule has 0 atom stereocenters. The third-order valence-corrected chi connectivity index (χ3v) is 2.00. The standard InChI is InChI=1S/C11H12N2/c1-2-4-10(5-3-1)6-7-11-8-9-12-13-11/h2,4-9H,1,3H2,(H,12,13)/b7-6+. The number of allylic oxidation sites excluding steroid dienone is 5. The number of rotatable bonds is 2. The predicted molar refractivity (Wildman–Crippen MR) is 54.1 cm³/mol. The van der Waals surface area contributed by atoms with E-state index in [1.165, 1.54) is 12.0 Å². The summed E-state index contributed by atoms with van der Waals surface area (Å²) in [5.41, 5.74) is 2.32. The molecule has 2 nitrogen and oxygen atoms in total. The zero-order valence-corrected chi connectivity index (χ0v) is 7.40. The van der Waals surface area contributed by atoms with Crippen molar-refractivity contribution in [1.29, 1.82) is 0 Å². The fourth-order valence-corrected chi connectivity index (χ4v) is 1.30. The van der Waals surface area contributed by atoms with Gasteiger partial charge in [-0.1, -0.05) is 24.3 Å². The minimum Gasteiger partial charge on any atom is -0.278 e. The molecule has 0 spiro atoms. The first-order valence-electron chi connectivity index (χ1n) is 4.49. The van der Waals surface area contributed by atoms with Gasteiger partial charge in [-0.05, 0) is 30.6 Å². The van der Waals surface area contributed by atoms with Gasteiger partial charge in [-0.3, -0.25) is 5.10 Å². The van der Waals surface area contributed by atoms with E-state index < -0.39 is 0 Å². The van der Waals surface area contributed by atoms with Crippen molar-refractivity contribution in [2.45, 2.75) is 12.8 Å². The lowest BCUT2D eigenvalue weighted by atomic mass is 10.1. The largest absolute Gasteiger partial charge is 0.278 e. The number of aromatic amines is 1. The molecule has 1 aromatic rings. The molecule has 0 radical (unpaired) electrons. The number of hydrogen-bond donors (Lipinski definition) is 1. The van der Waals surface area contributed by atoms with Gasteiger partial charge < -0.3 is 0 Å². The van der Waals surface area contributed by atoms with Gasteiger partial charge >= 0.3 is 0 Å². The summed E-state index contributed by atoms with van der Waals surface area (Å²) in [4.78, 5) is 0. The maximum atomic E-state index is 3.87. The third-order valence-electron chi connectivity index (χ3n) is 2.00. The van der Waals surface area contributed by atoms with Crippen LogP contribution in [0.4, 0.5) is 0 Å². The van der Waals surface area contributed by atoms with Crippen LogP contribution in [0.15, 0.2) is 42.1 Å². The summed E-state index contributed by atoms with van der Waals surface area (Å²) in [5, 5.41) is 6.76. The minimum absolute atomic E-state index is 1.04. The lowest BCUT2D eigenvalue weighted by Crippen LogP contribution is -1.80. The highest BCUT2D eigenvalue weighted by molar-refractivity contribution is 5.51. The van der Waals surface area contributed by atoms with Crippen molar-refractivity contribution < 1.29 is 0 Å². The summed E-state index contributed by atoms with van der Waals surface area (Å²) < 4.78 is 0. The Morgan fingerprint density at radius 2 is 2.31 bits per heavy atom. The van der Waals surface area contributed by atoms with Crippen molar-refractivity contribution in [3.8, 4) is 0 Å². The molecule has 2 heteroatoms. The van der Waals surface area contributed by atoms with Crippen LogP contribution in [-0.2, 0) is 0 Å². The fourth-order valence-electron chi connectivity index (χ4n) is 1.30. The molecule has 1 aliphatic carbocycles. The van der Waals surface area contributed by atoms with Gasteiger partial charge in [0.05, 0.1) is 5.69 Å². The number of aromatic nitrogens is 2. The molecular weight excluding hydrogens is 160 g/mol. The quantitative estimate of drug-likeness (QED) is 0.730. The van der Waals surface area contributed by atoms with Crippen LogP contribution in [0.3, 0.4) is 0 Å². The number of hydrogen-bond acceptors (Lipinski definition) is 1. The van der Waals surface area contributed by atoms with Crippen molar-refractivity contribution in [1.82, 2.24) is 10.2 Å². The van der Waals surface area contributed by atoms with Gasteiger partial charge in [0.15, 0.2) is 0 Å². The molecule has 2 rings (SSSR count). The average molecular weight is 172 g/mol. The number of nitrogens with one attached hydrogen (secondary N) is 1. The first-order valence-corrected chi connectivity index (χ1v) is 4.49. The Kier molecular flexibility index (Phi) is 2.41. The first kappa shape index (κ1) is 8.05. The highest BCUT2D eigenvalue weighted by Crippen LogP contribution is 2.11. The minimum atomic E-state index is 1.04. The van der Waals surface area contributed by atoms with Gasteiger partial charge in [-0.25, -0.2) is 0 Å². The molecule has 0 aliphatic heterocycles. The molecule has 0 unspecified atom stereocenters. The van der Waals surface area contributed by atoms with E-state index in [4.69, 9.17) is 0 Å². The van der Waals surface area contributed by atoms with Gasteiger partial charge in [0, 0.05) is 6.20 Å². The second-order valence-electron chi connectivity index (χ2n) is 3.03. The molecule has 1 heterocycles. The molecule has 0 bridgehead atoms. The average Bonchev–Trinajstić information content (AvgIpc) is 2.69. The van der Waals surface area contributed by atoms with Crippen LogP contribution in [0, 0.1) is 0 Å². The first-order chi connectivity index (χ1) is 6.45. The normalized spacial score (nSPS) is 16.5. The topological polar surface area (TPSA) is 28.7 Å². The molecule has 1 N–H and O–H groups in total. The molecule has 13 heavy (non-hydrogen) atoms. The smallest absolute Gasteiger partial charge is 0.0577 e. The van der Waals surface area contributed by atoms with Crippen LogP contribution < -0.4 is 0 Å². The monoisotopic (exact) mass is 172 g/mol. The van der Waals surface area contributed by atoms with Crippen LogP contribution in [0.5, 0.6) is 0 Å². The summed E-state index contributed by atoms with van der Waals surface area (Å²) in [7, 11) is 0. The molecule has 1 aromatic heterocycles. The zero-order valence-electron chi connectivity index (χ0n) is 7.40. The Bertz CT molecular complexity index is 342. The lowest BCUT2D eigenvalue weighted by molar-refractivity contribution is 1.03. The molecular formula is C11H12N2. The van der Waals surface area contributed by atoms with Crippen LogP contribution in [0.2, 0.25) is 0 Å². The Morgan fingerprint density at radius 3 is 3.00 bits per heavy atom. The molecule has 0 amide bonds. The summed E-state index contributed by atoms with van der Waals surface area (Å²) in [5.74, 6) is 0. The van der Waals surface area contributed by atoms with Gasteiger partial charge in [0.1, 0.15) is 0 Å². The molecule has 0 saturated heterocycles. The summed E-state index contributed by atoms with van der Waals surface area (Å²) in [6.45, 7) is 0. The van der Waals surface area contributed by atoms with Crippen molar-refractivity contribution in [2.24, 2.45) is 0 Å². The van der Waals surface area contributed by atoms with E-state index in [1.807, 2.05) is 12.1 Å². The highest BCUT2D eigenvalue weighted by atomic mass is 15.1. The van der Waals surface area contributed by atoms with Crippen LogP contribution >= 0.6 is 0 Å². The Balaban J connectivity index is 2.05. The van der Waals surface area contributed by atoms with Gasteiger partial charge in [-0.15, -0.1) is 0 Å². The molecule has 0 saturated carbocycles. The molecule has 66 valence electrons.